The highest BCUT2D eigenvalue weighted by Crippen LogP contribution is 2.32. The van der Waals surface area contributed by atoms with Crippen molar-refractivity contribution in [2.45, 2.75) is 14.4 Å². The van der Waals surface area contributed by atoms with Gasteiger partial charge in [-0.1, -0.05) is 135 Å². The van der Waals surface area contributed by atoms with Crippen LogP contribution < -0.4 is 32.1 Å². The minimum absolute atomic E-state index is 0. The van der Waals surface area contributed by atoms with E-state index in [9.17, 15) is 0 Å². The molecular weight excluding hydrogens is 522 g/mol. The van der Waals surface area contributed by atoms with Crippen molar-refractivity contribution >= 4 is 47.9 Å². The molecule has 2 heterocycles. The van der Waals surface area contributed by atoms with Crippen LogP contribution in [-0.4, -0.2) is 9.97 Å². The lowest BCUT2D eigenvalue weighted by atomic mass is 10.3. The molecule has 0 spiro atoms. The second kappa shape index (κ2) is 15.0. The summed E-state index contributed by atoms with van der Waals surface area (Å²) in [6.45, 7) is 2.12. The van der Waals surface area contributed by atoms with E-state index in [1.165, 1.54) is 26.8 Å². The molecule has 0 radical (unpaired) electrons. The first-order valence-electron chi connectivity index (χ1n) is 12.9. The number of hydrogen-bond donors (Lipinski definition) is 0. The summed E-state index contributed by atoms with van der Waals surface area (Å²) in [4.78, 5) is 9.18. The molecule has 6 aromatic rings. The summed E-state index contributed by atoms with van der Waals surface area (Å²) in [5.41, 5.74) is 3.57. The van der Waals surface area contributed by atoms with Gasteiger partial charge < -0.3 is 0 Å². The van der Waals surface area contributed by atoms with E-state index in [1.54, 1.807) is 0 Å². The van der Waals surface area contributed by atoms with E-state index in [4.69, 9.17) is 0 Å². The summed E-state index contributed by atoms with van der Waals surface area (Å²) in [7, 11) is -1.13. The number of aryl methyl sites for hydroxylation is 1. The lowest BCUT2D eigenvalue weighted by molar-refractivity contribution is 1.34. The van der Waals surface area contributed by atoms with Crippen molar-refractivity contribution in [1.82, 2.24) is 9.97 Å². The Hall–Kier alpha value is -3.96. The molecule has 0 aliphatic rings. The van der Waals surface area contributed by atoms with Crippen LogP contribution in [0.1, 0.15) is 13.0 Å². The quantitative estimate of drug-likeness (QED) is 0.216. The zero-order valence-corrected chi connectivity index (χ0v) is 23.7. The largest absolute Gasteiger partial charge is 0.256 e. The molecule has 2 nitrogen and oxygen atoms in total. The molecule has 6 rings (SSSR count). The Morgan fingerprint density at radius 1 is 0.400 bits per heavy atom. The Bertz CT molecular complexity index is 1410. The fourth-order valence-corrected chi connectivity index (χ4v) is 8.73. The molecule has 2 aromatic heterocycles. The molecule has 0 atom stereocenters. The Labute approximate surface area is 241 Å². The van der Waals surface area contributed by atoms with Gasteiger partial charge in [-0.05, 0) is 58.0 Å². The van der Waals surface area contributed by atoms with E-state index >= 15 is 0 Å². The van der Waals surface area contributed by atoms with Gasteiger partial charge in [0.15, 0.2) is 0 Å². The average Bonchev–Trinajstić information content (AvgIpc) is 3.01. The van der Waals surface area contributed by atoms with E-state index in [0.717, 1.165) is 10.9 Å². The Kier molecular flexibility index (Phi) is 10.9. The van der Waals surface area contributed by atoms with Gasteiger partial charge in [0.25, 0.3) is 0 Å². The summed E-state index contributed by atoms with van der Waals surface area (Å²) in [6, 6.07) is 52.9. The van der Waals surface area contributed by atoms with Crippen LogP contribution in [0.4, 0.5) is 0 Å². The van der Waals surface area contributed by atoms with Gasteiger partial charge in [0.2, 0.25) is 0 Å². The van der Waals surface area contributed by atoms with Crippen LogP contribution in [0.3, 0.4) is 0 Å². The van der Waals surface area contributed by atoms with Gasteiger partial charge in [0.05, 0.1) is 10.9 Å². The Morgan fingerprint density at radius 2 is 0.775 bits per heavy atom. The van der Waals surface area contributed by atoms with Crippen LogP contribution in [0.5, 0.6) is 0 Å². The minimum atomic E-state index is -0.573. The van der Waals surface area contributed by atoms with Gasteiger partial charge in [-0.3, -0.25) is 9.97 Å². The van der Waals surface area contributed by atoms with Crippen LogP contribution in [-0.2, 0) is 0 Å². The van der Waals surface area contributed by atoms with Crippen molar-refractivity contribution in [1.29, 1.82) is 0 Å². The number of hydrogen-bond acceptors (Lipinski definition) is 2. The van der Waals surface area contributed by atoms with Crippen LogP contribution >= 0.6 is 15.8 Å². The third kappa shape index (κ3) is 7.57. The summed E-state index contributed by atoms with van der Waals surface area (Å²) in [6.07, 6.45) is 3.78. The highest BCUT2D eigenvalue weighted by Gasteiger charge is 2.18. The molecule has 0 aliphatic heterocycles. The SMILES string of the molecule is C.Cc1ccnc(P(c2ccccc2)c2ccccc2)c1.c1ccc(P(c2ccccc2)c2ccccn2)cc1. The zero-order chi connectivity index (χ0) is 26.7. The molecule has 4 aromatic carbocycles. The second-order valence-corrected chi connectivity index (χ2v) is 13.2. The predicted octanol–water partition coefficient (Wildman–Crippen LogP) is 6.62. The average molecular weight is 557 g/mol. The van der Waals surface area contributed by atoms with Crippen molar-refractivity contribution in [3.63, 3.8) is 0 Å². The van der Waals surface area contributed by atoms with Gasteiger partial charge in [-0.2, -0.15) is 0 Å². The Morgan fingerprint density at radius 3 is 1.15 bits per heavy atom. The molecule has 0 N–H and O–H groups in total. The maximum Gasteiger partial charge on any atom is 0.0723 e. The first-order chi connectivity index (χ1) is 19.3. The lowest BCUT2D eigenvalue weighted by Gasteiger charge is -2.18. The predicted molar refractivity (Wildman–Crippen MR) is 177 cm³/mol. The molecule has 0 saturated heterocycles. The van der Waals surface area contributed by atoms with Crippen LogP contribution in [0.15, 0.2) is 164 Å². The lowest BCUT2D eigenvalue weighted by Crippen LogP contribution is -2.22. The molecule has 0 unspecified atom stereocenters. The van der Waals surface area contributed by atoms with E-state index in [2.05, 4.69) is 156 Å². The first-order valence-corrected chi connectivity index (χ1v) is 15.6. The number of rotatable bonds is 6. The standard InChI is InChI=1S/C18H16NP.C17H14NP.CH4/c1-15-12-13-19-18(14-15)20(16-8-4-2-5-9-16)17-10-6-3-7-11-17;1-3-9-15(10-4-1)19(16-11-5-2-6-12-16)17-13-7-8-14-18-17;/h2-14H,1H3;1-14H;1H4. The van der Waals surface area contributed by atoms with Crippen LogP contribution in [0.25, 0.3) is 0 Å². The third-order valence-electron chi connectivity index (χ3n) is 6.07. The molecule has 0 aliphatic carbocycles. The number of benzene rings is 4. The van der Waals surface area contributed by atoms with E-state index < -0.39 is 15.8 Å². The van der Waals surface area contributed by atoms with Crippen LogP contribution in [0, 0.1) is 6.92 Å². The molecule has 0 bridgehead atoms. The second-order valence-electron chi connectivity index (χ2n) is 8.89. The number of pyridine rings is 2. The van der Waals surface area contributed by atoms with E-state index in [0.29, 0.717) is 0 Å². The Balaban J connectivity index is 0.000000181. The molecule has 4 heteroatoms. The summed E-state index contributed by atoms with van der Waals surface area (Å²) in [5.74, 6) is 0. The molecule has 198 valence electrons. The van der Waals surface area contributed by atoms with Crippen molar-refractivity contribution in [3.8, 4) is 0 Å². The van der Waals surface area contributed by atoms with Gasteiger partial charge in [0.1, 0.15) is 0 Å². The molecule has 0 fully saturated rings. The smallest absolute Gasteiger partial charge is 0.0723 e. The zero-order valence-electron chi connectivity index (χ0n) is 21.9. The fraction of sp³-hybridized carbons (Fsp3) is 0.0556. The summed E-state index contributed by atoms with van der Waals surface area (Å²) < 4.78 is 0. The van der Waals surface area contributed by atoms with E-state index in [1.807, 2.05) is 24.5 Å². The normalized spacial score (nSPS) is 10.4. The van der Waals surface area contributed by atoms with Crippen molar-refractivity contribution in [2.24, 2.45) is 0 Å². The highest BCUT2D eigenvalue weighted by molar-refractivity contribution is 7.80. The monoisotopic (exact) mass is 556 g/mol. The highest BCUT2D eigenvalue weighted by atomic mass is 31.1. The molecular formula is C36H34N2P2. The topological polar surface area (TPSA) is 25.8 Å². The van der Waals surface area contributed by atoms with Crippen molar-refractivity contribution < 1.29 is 0 Å². The van der Waals surface area contributed by atoms with Crippen LogP contribution in [0.2, 0.25) is 0 Å². The van der Waals surface area contributed by atoms with Gasteiger partial charge in [0, 0.05) is 28.2 Å². The molecule has 0 saturated carbocycles. The summed E-state index contributed by atoms with van der Waals surface area (Å²) >= 11 is 0. The summed E-state index contributed by atoms with van der Waals surface area (Å²) in [5, 5.41) is 5.35. The van der Waals surface area contributed by atoms with Crippen molar-refractivity contribution in [3.05, 3.63) is 170 Å². The van der Waals surface area contributed by atoms with Gasteiger partial charge in [-0.15, -0.1) is 0 Å². The minimum Gasteiger partial charge on any atom is -0.256 e. The van der Waals surface area contributed by atoms with E-state index in [-0.39, 0.29) is 7.43 Å². The number of aromatic nitrogens is 2. The maximum atomic E-state index is 4.62. The number of nitrogens with zero attached hydrogens (tertiary/aromatic N) is 2. The van der Waals surface area contributed by atoms with Crippen molar-refractivity contribution in [2.75, 3.05) is 0 Å². The van der Waals surface area contributed by atoms with Gasteiger partial charge in [-0.25, -0.2) is 0 Å². The van der Waals surface area contributed by atoms with Gasteiger partial charge >= 0.3 is 0 Å². The first kappa shape index (κ1) is 29.0. The third-order valence-corrected chi connectivity index (χ3v) is 10.7. The fourth-order valence-electron chi connectivity index (χ4n) is 4.26. The maximum absolute atomic E-state index is 4.62. The molecule has 40 heavy (non-hydrogen) atoms. The molecule has 0 amide bonds.